The molecule has 194 valence electrons. The van der Waals surface area contributed by atoms with Gasteiger partial charge in [0.05, 0.1) is 52.4 Å². The van der Waals surface area contributed by atoms with Crippen molar-refractivity contribution in [2.24, 2.45) is 0 Å². The van der Waals surface area contributed by atoms with E-state index in [1.165, 1.54) is 13.2 Å². The van der Waals surface area contributed by atoms with E-state index in [1.54, 1.807) is 39.0 Å². The molecule has 0 atom stereocenters. The van der Waals surface area contributed by atoms with Crippen molar-refractivity contribution in [3.63, 3.8) is 0 Å². The third-order valence-electron chi connectivity index (χ3n) is 5.70. The second-order valence-electron chi connectivity index (χ2n) is 8.25. The number of benzene rings is 2. The maximum Gasteiger partial charge on any atom is 0.340 e. The fraction of sp³-hybridized carbons (Fsp3) is 0.200. The molecular formula is C25H28N6O6. The number of ether oxygens (including phenoxy) is 1. The fourth-order valence-corrected chi connectivity index (χ4v) is 3.89. The summed E-state index contributed by atoms with van der Waals surface area (Å²) in [5, 5.41) is 16.8. The number of carboxylic acids is 1. The molecule has 4 aromatic rings. The Morgan fingerprint density at radius 2 is 1.16 bits per heavy atom. The van der Waals surface area contributed by atoms with Crippen molar-refractivity contribution in [1.82, 2.24) is 10.3 Å². The van der Waals surface area contributed by atoms with Gasteiger partial charge in [-0.05, 0) is 63.1 Å². The third-order valence-corrected chi connectivity index (χ3v) is 5.70. The number of carboxylic acid groups (broad SMARTS) is 1. The second kappa shape index (κ2) is 10.3. The molecule has 0 radical (unpaired) electrons. The molecule has 0 bridgehead atoms. The van der Waals surface area contributed by atoms with E-state index in [0.717, 1.165) is 22.4 Å². The highest BCUT2D eigenvalue weighted by molar-refractivity contribution is 6.00. The Morgan fingerprint density at radius 1 is 0.757 bits per heavy atom. The van der Waals surface area contributed by atoms with Gasteiger partial charge in [-0.2, -0.15) is 0 Å². The van der Waals surface area contributed by atoms with E-state index in [0.29, 0.717) is 28.5 Å². The number of hydrogen-bond acceptors (Lipinski definition) is 11. The number of methoxy groups -OCH3 is 1. The van der Waals surface area contributed by atoms with Crippen LogP contribution in [0.15, 0.2) is 33.3 Å². The number of carbonyl (C=O) groups excluding carboxylic acids is 1. The number of aromatic carboxylic acids is 1. The Bertz CT molecular complexity index is 1470. The van der Waals surface area contributed by atoms with Gasteiger partial charge in [0.25, 0.3) is 0 Å². The van der Waals surface area contributed by atoms with Crippen molar-refractivity contribution in [1.29, 1.82) is 0 Å². The van der Waals surface area contributed by atoms with E-state index >= 15 is 0 Å². The number of rotatable bonds is 4. The van der Waals surface area contributed by atoms with Crippen molar-refractivity contribution < 1.29 is 28.5 Å². The minimum Gasteiger partial charge on any atom is -0.478 e. The summed E-state index contributed by atoms with van der Waals surface area (Å²) in [5.41, 5.74) is 28.3. The summed E-state index contributed by atoms with van der Waals surface area (Å²) in [7, 11) is 1.29. The lowest BCUT2D eigenvalue weighted by atomic mass is 9.99. The van der Waals surface area contributed by atoms with Crippen LogP contribution in [0.25, 0.3) is 22.3 Å². The van der Waals surface area contributed by atoms with Crippen LogP contribution in [0.3, 0.4) is 0 Å². The van der Waals surface area contributed by atoms with Crippen LogP contribution in [0.1, 0.15) is 43.6 Å². The largest absolute Gasteiger partial charge is 0.478 e. The first kappa shape index (κ1) is 26.6. The molecular weight excluding hydrogens is 480 g/mol. The molecule has 4 rings (SSSR count). The van der Waals surface area contributed by atoms with Gasteiger partial charge in [0.15, 0.2) is 0 Å². The summed E-state index contributed by atoms with van der Waals surface area (Å²) in [6.07, 6.45) is 0. The quantitative estimate of drug-likeness (QED) is 0.196. The Morgan fingerprint density at radius 3 is 1.51 bits per heavy atom. The summed E-state index contributed by atoms with van der Waals surface area (Å²) in [6, 6.07) is 6.41. The lowest BCUT2D eigenvalue weighted by Gasteiger charge is -2.10. The molecule has 0 spiro atoms. The van der Waals surface area contributed by atoms with Crippen LogP contribution in [-0.2, 0) is 4.74 Å². The van der Waals surface area contributed by atoms with Crippen molar-refractivity contribution in [3.8, 4) is 22.3 Å². The van der Waals surface area contributed by atoms with E-state index < -0.39 is 11.9 Å². The highest BCUT2D eigenvalue weighted by Gasteiger charge is 2.19. The van der Waals surface area contributed by atoms with Gasteiger partial charge in [-0.15, -0.1) is 0 Å². The fourth-order valence-electron chi connectivity index (χ4n) is 3.89. The number of nitrogens with zero attached hydrogens (tertiary/aromatic N) is 2. The van der Waals surface area contributed by atoms with E-state index in [4.69, 9.17) is 41.8 Å². The molecule has 37 heavy (non-hydrogen) atoms. The van der Waals surface area contributed by atoms with Crippen LogP contribution < -0.4 is 22.9 Å². The maximum atomic E-state index is 11.7. The van der Waals surface area contributed by atoms with Crippen LogP contribution in [0.4, 0.5) is 22.7 Å². The normalized spacial score (nSPS) is 10.5. The summed E-state index contributed by atoms with van der Waals surface area (Å²) in [4.78, 5) is 22.8. The average molecular weight is 509 g/mol. The summed E-state index contributed by atoms with van der Waals surface area (Å²) in [6.45, 7) is 7.14. The molecule has 0 aliphatic heterocycles. The van der Waals surface area contributed by atoms with Gasteiger partial charge < -0.3 is 41.8 Å². The van der Waals surface area contributed by atoms with Crippen LogP contribution in [0.2, 0.25) is 0 Å². The van der Waals surface area contributed by atoms with Crippen LogP contribution in [-0.4, -0.2) is 34.5 Å². The molecule has 2 aromatic carbocycles. The second-order valence-corrected chi connectivity index (χ2v) is 8.25. The Balaban J connectivity index is 0.000000206. The minimum atomic E-state index is -1.12. The molecule has 0 fully saturated rings. The van der Waals surface area contributed by atoms with Crippen LogP contribution in [0.5, 0.6) is 0 Å². The topological polar surface area (TPSA) is 220 Å². The number of nitrogens with two attached hydrogens (primary N) is 4. The standard InChI is InChI=1S/C13H15N3O3.C12H13N3O3/c1-6-11(7(2)19-16-6)8-4-9(13(17)18-3)12(15)10(14)5-8;1-5-10(6(2)18-15-5)7-3-8(12(16)17)11(14)9(13)4-7/h4-5H,14-15H2,1-3H3;3-4H,13-14H2,1-2H3,(H,16,17). The van der Waals surface area contributed by atoms with Crippen molar-refractivity contribution >= 4 is 34.7 Å². The SMILES string of the molecule is COC(=O)c1cc(-c2c(C)noc2C)cc(N)c1N.Cc1noc(C)c1-c1cc(N)c(N)c(C(=O)O)c1. The third kappa shape index (κ3) is 5.17. The van der Waals surface area contributed by atoms with Crippen molar-refractivity contribution in [2.45, 2.75) is 27.7 Å². The molecule has 12 nitrogen and oxygen atoms in total. The average Bonchev–Trinajstić information content (AvgIpc) is 3.36. The molecule has 2 aromatic heterocycles. The monoisotopic (exact) mass is 508 g/mol. The molecule has 0 aliphatic rings. The Hall–Kier alpha value is -5.00. The zero-order valence-electron chi connectivity index (χ0n) is 21.0. The highest BCUT2D eigenvalue weighted by atomic mass is 16.5. The Labute approximate surface area is 212 Å². The van der Waals surface area contributed by atoms with Crippen LogP contribution >= 0.6 is 0 Å². The molecule has 0 saturated carbocycles. The first-order valence-electron chi connectivity index (χ1n) is 10.9. The zero-order valence-corrected chi connectivity index (χ0v) is 21.0. The highest BCUT2D eigenvalue weighted by Crippen LogP contribution is 2.34. The number of nitrogen functional groups attached to an aromatic ring is 4. The zero-order chi connectivity index (χ0) is 27.6. The van der Waals surface area contributed by atoms with Gasteiger partial charge >= 0.3 is 11.9 Å². The van der Waals surface area contributed by atoms with E-state index in [2.05, 4.69) is 10.3 Å². The Kier molecular flexibility index (Phi) is 7.42. The smallest absolute Gasteiger partial charge is 0.340 e. The number of anilines is 4. The van der Waals surface area contributed by atoms with Crippen LogP contribution in [0, 0.1) is 27.7 Å². The number of esters is 1. The maximum absolute atomic E-state index is 11.7. The van der Waals surface area contributed by atoms with E-state index in [9.17, 15) is 9.59 Å². The lowest BCUT2D eigenvalue weighted by molar-refractivity contribution is 0.0601. The van der Waals surface area contributed by atoms with E-state index in [1.807, 2.05) is 6.92 Å². The summed E-state index contributed by atoms with van der Waals surface area (Å²) >= 11 is 0. The van der Waals surface area contributed by atoms with Gasteiger partial charge in [0, 0.05) is 11.1 Å². The molecule has 0 amide bonds. The summed E-state index contributed by atoms with van der Waals surface area (Å²) in [5.74, 6) is -0.392. The molecule has 0 saturated heterocycles. The van der Waals surface area contributed by atoms with Gasteiger partial charge in [0.2, 0.25) is 0 Å². The van der Waals surface area contributed by atoms with Gasteiger partial charge in [-0.3, -0.25) is 0 Å². The van der Waals surface area contributed by atoms with E-state index in [-0.39, 0.29) is 28.2 Å². The minimum absolute atomic E-state index is 0.0231. The first-order valence-corrected chi connectivity index (χ1v) is 10.9. The van der Waals surface area contributed by atoms with Crippen molar-refractivity contribution in [3.05, 3.63) is 58.3 Å². The van der Waals surface area contributed by atoms with Gasteiger partial charge in [0.1, 0.15) is 11.5 Å². The molecule has 2 heterocycles. The lowest BCUT2D eigenvalue weighted by Crippen LogP contribution is -2.08. The van der Waals surface area contributed by atoms with Gasteiger partial charge in [-0.25, -0.2) is 9.59 Å². The molecule has 9 N–H and O–H groups in total. The predicted molar refractivity (Wildman–Crippen MR) is 139 cm³/mol. The first-order chi connectivity index (χ1) is 17.4. The number of aryl methyl sites for hydroxylation is 4. The number of aromatic nitrogens is 2. The molecule has 0 unspecified atom stereocenters. The summed E-state index contributed by atoms with van der Waals surface area (Å²) < 4.78 is 14.9. The molecule has 12 heteroatoms. The van der Waals surface area contributed by atoms with Gasteiger partial charge in [-0.1, -0.05) is 10.3 Å². The molecule has 0 aliphatic carbocycles. The van der Waals surface area contributed by atoms with Crippen molar-refractivity contribution in [2.75, 3.05) is 30.0 Å². The predicted octanol–water partition coefficient (Wildman–Crippen LogP) is 3.73. The number of hydrogen-bond donors (Lipinski definition) is 5. The number of carbonyl (C=O) groups is 2.